The zero-order chi connectivity index (χ0) is 14.8. The third-order valence-corrected chi connectivity index (χ3v) is 3.61. The van der Waals surface area contributed by atoms with Gasteiger partial charge in [0.15, 0.2) is 5.58 Å². The second kappa shape index (κ2) is 5.46. The number of nitrogens with one attached hydrogen (secondary N) is 1. The van der Waals surface area contributed by atoms with E-state index in [2.05, 4.69) is 10.3 Å². The van der Waals surface area contributed by atoms with Crippen LogP contribution in [0.1, 0.15) is 26.7 Å². The van der Waals surface area contributed by atoms with Crippen LogP contribution >= 0.6 is 0 Å². The lowest BCUT2D eigenvalue weighted by molar-refractivity contribution is -0.384. The minimum Gasteiger partial charge on any atom is -0.423 e. The zero-order valence-electron chi connectivity index (χ0n) is 11.4. The Morgan fingerprint density at radius 1 is 1.45 bits per heavy atom. The molecule has 0 unspecified atom stereocenters. The van der Waals surface area contributed by atoms with Crippen LogP contribution < -0.4 is 5.32 Å². The molecule has 0 radical (unpaired) electrons. The van der Waals surface area contributed by atoms with Crippen LogP contribution in [0.4, 0.5) is 11.7 Å². The molecule has 20 heavy (non-hydrogen) atoms. The first-order chi connectivity index (χ1) is 9.53. The van der Waals surface area contributed by atoms with Gasteiger partial charge in [-0.15, -0.1) is 0 Å². The number of fused-ring (bicyclic) bond motifs is 1. The van der Waals surface area contributed by atoms with Crippen LogP contribution in [0.25, 0.3) is 11.1 Å². The van der Waals surface area contributed by atoms with Crippen molar-refractivity contribution in [2.45, 2.75) is 32.2 Å². The number of nitro groups is 1. The summed E-state index contributed by atoms with van der Waals surface area (Å²) in [6.07, 6.45) is 1.41. The highest BCUT2D eigenvalue weighted by molar-refractivity contribution is 5.77. The second-order valence-electron chi connectivity index (χ2n) is 4.70. The number of benzene rings is 1. The summed E-state index contributed by atoms with van der Waals surface area (Å²) in [6, 6.07) is 4.53. The number of aromatic nitrogens is 1. The Hall–Kier alpha value is -2.15. The third kappa shape index (κ3) is 2.57. The van der Waals surface area contributed by atoms with Crippen LogP contribution in [0.15, 0.2) is 22.6 Å². The molecule has 0 fully saturated rings. The number of nitro benzene ring substituents is 1. The van der Waals surface area contributed by atoms with Gasteiger partial charge in [0.1, 0.15) is 5.52 Å². The van der Waals surface area contributed by atoms with E-state index < -0.39 is 10.5 Å². The largest absolute Gasteiger partial charge is 0.423 e. The first-order valence-corrected chi connectivity index (χ1v) is 6.47. The van der Waals surface area contributed by atoms with Crippen molar-refractivity contribution in [1.82, 2.24) is 4.98 Å². The Balaban J connectivity index is 2.34. The summed E-state index contributed by atoms with van der Waals surface area (Å²) in [5.41, 5.74) is 0.352. The smallest absolute Gasteiger partial charge is 0.296 e. The molecular weight excluding hydrogens is 262 g/mol. The number of hydrogen-bond acceptors (Lipinski definition) is 6. The van der Waals surface area contributed by atoms with Gasteiger partial charge in [-0.3, -0.25) is 10.1 Å². The molecule has 7 nitrogen and oxygen atoms in total. The molecule has 7 heteroatoms. The van der Waals surface area contributed by atoms with Crippen molar-refractivity contribution in [2.75, 3.05) is 11.9 Å². The van der Waals surface area contributed by atoms with Crippen LogP contribution in [0, 0.1) is 10.1 Å². The van der Waals surface area contributed by atoms with Gasteiger partial charge in [0.2, 0.25) is 0 Å². The molecule has 0 bridgehead atoms. The van der Waals surface area contributed by atoms with E-state index in [1.165, 1.54) is 12.1 Å². The molecule has 0 saturated carbocycles. The van der Waals surface area contributed by atoms with Gasteiger partial charge in [-0.25, -0.2) is 0 Å². The monoisotopic (exact) mass is 279 g/mol. The highest BCUT2D eigenvalue weighted by Gasteiger charge is 2.27. The number of aliphatic hydroxyl groups excluding tert-OH is 1. The lowest BCUT2D eigenvalue weighted by Crippen LogP contribution is -2.40. The molecule has 108 valence electrons. The average Bonchev–Trinajstić information content (AvgIpc) is 2.85. The van der Waals surface area contributed by atoms with E-state index in [1.807, 2.05) is 13.8 Å². The highest BCUT2D eigenvalue weighted by Crippen LogP contribution is 2.27. The average molecular weight is 279 g/mol. The predicted octanol–water partition coefficient (Wildman–Crippen LogP) is 2.70. The van der Waals surface area contributed by atoms with E-state index in [0.29, 0.717) is 23.9 Å². The number of oxazole rings is 1. The summed E-state index contributed by atoms with van der Waals surface area (Å²) in [5, 5.41) is 23.3. The van der Waals surface area contributed by atoms with Crippen LogP contribution in [0.3, 0.4) is 0 Å². The molecule has 2 rings (SSSR count). The molecule has 1 aromatic carbocycles. The van der Waals surface area contributed by atoms with Gasteiger partial charge in [-0.05, 0) is 18.9 Å². The van der Waals surface area contributed by atoms with Gasteiger partial charge in [-0.1, -0.05) is 13.8 Å². The highest BCUT2D eigenvalue weighted by atomic mass is 16.6. The van der Waals surface area contributed by atoms with Crippen molar-refractivity contribution in [3.8, 4) is 0 Å². The van der Waals surface area contributed by atoms with E-state index in [9.17, 15) is 15.2 Å². The van der Waals surface area contributed by atoms with E-state index in [-0.39, 0.29) is 18.3 Å². The van der Waals surface area contributed by atoms with Crippen LogP contribution in [-0.4, -0.2) is 27.2 Å². The summed E-state index contributed by atoms with van der Waals surface area (Å²) >= 11 is 0. The summed E-state index contributed by atoms with van der Waals surface area (Å²) in [4.78, 5) is 14.5. The van der Waals surface area contributed by atoms with Gasteiger partial charge < -0.3 is 14.8 Å². The van der Waals surface area contributed by atoms with Crippen molar-refractivity contribution in [1.29, 1.82) is 0 Å². The van der Waals surface area contributed by atoms with Crippen molar-refractivity contribution in [3.05, 3.63) is 28.3 Å². The molecular formula is C13H17N3O4. The molecule has 0 saturated heterocycles. The maximum atomic E-state index is 10.7. The fourth-order valence-corrected chi connectivity index (χ4v) is 2.00. The maximum absolute atomic E-state index is 10.7. The Bertz CT molecular complexity index is 611. The lowest BCUT2D eigenvalue weighted by atomic mass is 9.94. The fourth-order valence-electron chi connectivity index (χ4n) is 2.00. The summed E-state index contributed by atoms with van der Waals surface area (Å²) in [5.74, 6) is 0. The van der Waals surface area contributed by atoms with Gasteiger partial charge >= 0.3 is 0 Å². The normalized spacial score (nSPS) is 11.8. The first-order valence-electron chi connectivity index (χ1n) is 6.47. The van der Waals surface area contributed by atoms with Crippen molar-refractivity contribution in [3.63, 3.8) is 0 Å². The van der Waals surface area contributed by atoms with Crippen LogP contribution in [0.5, 0.6) is 0 Å². The molecule has 0 aliphatic carbocycles. The minimum absolute atomic E-state index is 0.0420. The molecule has 0 atom stereocenters. The van der Waals surface area contributed by atoms with Crippen molar-refractivity contribution < 1.29 is 14.4 Å². The van der Waals surface area contributed by atoms with E-state index in [1.54, 1.807) is 6.07 Å². The van der Waals surface area contributed by atoms with Crippen LogP contribution in [0.2, 0.25) is 0 Å². The van der Waals surface area contributed by atoms with Gasteiger partial charge in [-0.2, -0.15) is 4.98 Å². The number of rotatable bonds is 6. The fraction of sp³-hybridized carbons (Fsp3) is 0.462. The number of nitrogens with zero attached hydrogens (tertiary/aromatic N) is 2. The predicted molar refractivity (Wildman–Crippen MR) is 74.7 cm³/mol. The molecule has 0 aliphatic rings. The van der Waals surface area contributed by atoms with Gasteiger partial charge in [0.25, 0.3) is 11.7 Å². The number of anilines is 1. The number of non-ortho nitro benzene ring substituents is 1. The Morgan fingerprint density at radius 2 is 2.15 bits per heavy atom. The molecule has 0 amide bonds. The molecule has 2 N–H and O–H groups in total. The van der Waals surface area contributed by atoms with Gasteiger partial charge in [0, 0.05) is 6.07 Å². The zero-order valence-corrected chi connectivity index (χ0v) is 11.4. The van der Waals surface area contributed by atoms with E-state index in [4.69, 9.17) is 4.42 Å². The van der Waals surface area contributed by atoms with E-state index >= 15 is 0 Å². The van der Waals surface area contributed by atoms with Crippen molar-refractivity contribution in [2.24, 2.45) is 0 Å². The van der Waals surface area contributed by atoms with Gasteiger partial charge in [0.05, 0.1) is 23.1 Å². The first kappa shape index (κ1) is 14.3. The molecule has 1 aromatic heterocycles. The molecule has 0 spiro atoms. The molecule has 1 heterocycles. The second-order valence-corrected chi connectivity index (χ2v) is 4.70. The van der Waals surface area contributed by atoms with Crippen molar-refractivity contribution >= 4 is 22.8 Å². The maximum Gasteiger partial charge on any atom is 0.296 e. The standard InChI is InChI=1S/C13H17N3O4/c1-3-13(4-2,8-17)15-12-14-10-6-5-9(16(18)19)7-11(10)20-12/h5-7,17H,3-4,8H2,1-2H3,(H,14,15). The Labute approximate surface area is 115 Å². The Morgan fingerprint density at radius 3 is 2.70 bits per heavy atom. The summed E-state index contributed by atoms with van der Waals surface area (Å²) in [6.45, 7) is 3.87. The summed E-state index contributed by atoms with van der Waals surface area (Å²) in [7, 11) is 0. The Kier molecular flexibility index (Phi) is 3.89. The topological polar surface area (TPSA) is 101 Å². The molecule has 2 aromatic rings. The quantitative estimate of drug-likeness (QED) is 0.622. The lowest BCUT2D eigenvalue weighted by Gasteiger charge is -2.29. The third-order valence-electron chi connectivity index (χ3n) is 3.61. The number of hydrogen-bond donors (Lipinski definition) is 2. The number of aliphatic hydroxyl groups is 1. The minimum atomic E-state index is -0.493. The molecule has 0 aliphatic heterocycles. The van der Waals surface area contributed by atoms with E-state index in [0.717, 1.165) is 0 Å². The van der Waals surface area contributed by atoms with Crippen LogP contribution in [-0.2, 0) is 0 Å². The SMILES string of the molecule is CCC(CC)(CO)Nc1nc2ccc([N+](=O)[O-])cc2o1. The summed E-state index contributed by atoms with van der Waals surface area (Å²) < 4.78 is 5.48.